The maximum Gasteiger partial charge on any atom is 0.268 e. The van der Waals surface area contributed by atoms with Gasteiger partial charge in [-0.25, -0.2) is 12.8 Å². The van der Waals surface area contributed by atoms with Crippen LogP contribution in [0.2, 0.25) is 0 Å². The van der Waals surface area contributed by atoms with Gasteiger partial charge in [0.25, 0.3) is 10.0 Å². The van der Waals surface area contributed by atoms with Gasteiger partial charge in [0.05, 0.1) is 12.8 Å². The first-order valence-corrected chi connectivity index (χ1v) is 10.8. The van der Waals surface area contributed by atoms with Crippen LogP contribution in [-0.2, 0) is 14.8 Å². The van der Waals surface area contributed by atoms with Gasteiger partial charge >= 0.3 is 0 Å². The van der Waals surface area contributed by atoms with E-state index in [1.54, 1.807) is 19.1 Å². The Morgan fingerprint density at radius 2 is 1.86 bits per heavy atom. The lowest BCUT2D eigenvalue weighted by Gasteiger charge is -2.26. The third kappa shape index (κ3) is 5.69. The van der Waals surface area contributed by atoms with Crippen LogP contribution < -0.4 is 14.4 Å². The monoisotopic (exact) mass is 422 g/mol. The molecule has 0 saturated heterocycles. The Labute approximate surface area is 171 Å². The maximum atomic E-state index is 13.5. The van der Waals surface area contributed by atoms with Gasteiger partial charge in [-0.2, -0.15) is 0 Å². The molecule has 2 aromatic carbocycles. The standard InChI is InChI=1S/C21H27FN2O4S/c1-5-6-16(3)23-21(25)14-24(18-10-8-17(22)9-11-18)29(26,27)20-13-15(2)7-12-19(20)28-4/h7-13,16H,5-6,14H2,1-4H3,(H,23,25). The zero-order valence-corrected chi connectivity index (χ0v) is 17.9. The van der Waals surface area contributed by atoms with Gasteiger partial charge in [0.1, 0.15) is 23.0 Å². The number of halogens is 1. The molecule has 0 fully saturated rings. The van der Waals surface area contributed by atoms with Gasteiger partial charge in [0.2, 0.25) is 5.91 Å². The second kappa shape index (κ2) is 9.73. The second-order valence-corrected chi connectivity index (χ2v) is 8.73. The number of nitrogens with one attached hydrogen (secondary N) is 1. The van der Waals surface area contributed by atoms with Crippen LogP contribution in [0.5, 0.6) is 5.75 Å². The Bertz CT molecular complexity index is 946. The van der Waals surface area contributed by atoms with Gasteiger partial charge < -0.3 is 10.1 Å². The predicted octanol–water partition coefficient (Wildman–Crippen LogP) is 3.64. The fourth-order valence-corrected chi connectivity index (χ4v) is 4.65. The van der Waals surface area contributed by atoms with Crippen molar-refractivity contribution >= 4 is 21.6 Å². The lowest BCUT2D eigenvalue weighted by atomic mass is 10.2. The largest absolute Gasteiger partial charge is 0.495 e. The molecule has 0 saturated carbocycles. The van der Waals surface area contributed by atoms with Crippen LogP contribution in [0.25, 0.3) is 0 Å². The van der Waals surface area contributed by atoms with Crippen molar-refractivity contribution < 1.29 is 22.3 Å². The molecule has 0 radical (unpaired) electrons. The summed E-state index contributed by atoms with van der Waals surface area (Å²) in [5, 5.41) is 2.81. The highest BCUT2D eigenvalue weighted by molar-refractivity contribution is 7.93. The molecule has 0 bridgehead atoms. The van der Waals surface area contributed by atoms with Crippen molar-refractivity contribution in [2.75, 3.05) is 18.0 Å². The molecule has 0 aliphatic rings. The van der Waals surface area contributed by atoms with Crippen LogP contribution >= 0.6 is 0 Å². The highest BCUT2D eigenvalue weighted by atomic mass is 32.2. The highest BCUT2D eigenvalue weighted by Gasteiger charge is 2.30. The number of hydrogen-bond acceptors (Lipinski definition) is 4. The number of rotatable bonds is 9. The number of aryl methyl sites for hydroxylation is 1. The normalized spacial score (nSPS) is 12.3. The van der Waals surface area contributed by atoms with Gasteiger partial charge in [0.15, 0.2) is 0 Å². The molecule has 8 heteroatoms. The Morgan fingerprint density at radius 1 is 1.21 bits per heavy atom. The van der Waals surface area contributed by atoms with E-state index >= 15 is 0 Å². The molecule has 0 heterocycles. The maximum absolute atomic E-state index is 13.5. The first kappa shape index (κ1) is 22.7. The first-order chi connectivity index (χ1) is 13.7. The lowest BCUT2D eigenvalue weighted by Crippen LogP contribution is -2.43. The summed E-state index contributed by atoms with van der Waals surface area (Å²) >= 11 is 0. The Kier molecular flexibility index (Phi) is 7.61. The number of anilines is 1. The minimum absolute atomic E-state index is 0.0567. The predicted molar refractivity (Wildman–Crippen MR) is 111 cm³/mol. The average molecular weight is 423 g/mol. The molecule has 1 amide bonds. The third-order valence-electron chi connectivity index (χ3n) is 4.42. The molecule has 0 aromatic heterocycles. The second-order valence-electron chi connectivity index (χ2n) is 6.90. The molecule has 2 aromatic rings. The number of carbonyl (C=O) groups excluding carboxylic acids is 1. The van der Waals surface area contributed by atoms with Crippen LogP contribution in [0.4, 0.5) is 10.1 Å². The van der Waals surface area contributed by atoms with Crippen LogP contribution in [0.15, 0.2) is 47.4 Å². The van der Waals surface area contributed by atoms with E-state index in [0.717, 1.165) is 34.8 Å². The Hall–Kier alpha value is -2.61. The molecule has 6 nitrogen and oxygen atoms in total. The minimum Gasteiger partial charge on any atom is -0.495 e. The molecular weight excluding hydrogens is 395 g/mol. The Balaban J connectivity index is 2.48. The van der Waals surface area contributed by atoms with Crippen molar-refractivity contribution in [1.29, 1.82) is 0 Å². The van der Waals surface area contributed by atoms with Gasteiger partial charge in [-0.1, -0.05) is 19.4 Å². The van der Waals surface area contributed by atoms with Crippen LogP contribution in [0.1, 0.15) is 32.3 Å². The Morgan fingerprint density at radius 3 is 2.45 bits per heavy atom. The summed E-state index contributed by atoms with van der Waals surface area (Å²) in [6.45, 7) is 5.20. The van der Waals surface area contributed by atoms with E-state index in [4.69, 9.17) is 4.74 Å². The number of sulfonamides is 1. The molecule has 1 atom stereocenters. The molecule has 1 N–H and O–H groups in total. The fourth-order valence-electron chi connectivity index (χ4n) is 2.98. The van der Waals surface area contributed by atoms with Crippen LogP contribution in [0.3, 0.4) is 0 Å². The summed E-state index contributed by atoms with van der Waals surface area (Å²) < 4.78 is 46.5. The van der Waals surface area contributed by atoms with Crippen molar-refractivity contribution in [2.45, 2.75) is 44.6 Å². The summed E-state index contributed by atoms with van der Waals surface area (Å²) in [4.78, 5) is 12.5. The smallest absolute Gasteiger partial charge is 0.268 e. The topological polar surface area (TPSA) is 75.7 Å². The fraction of sp³-hybridized carbons (Fsp3) is 0.381. The third-order valence-corrected chi connectivity index (χ3v) is 6.21. The van der Waals surface area contributed by atoms with E-state index in [2.05, 4.69) is 5.32 Å². The zero-order valence-electron chi connectivity index (χ0n) is 17.1. The van der Waals surface area contributed by atoms with E-state index in [1.165, 1.54) is 25.3 Å². The van der Waals surface area contributed by atoms with Gasteiger partial charge in [0, 0.05) is 6.04 Å². The van der Waals surface area contributed by atoms with Gasteiger partial charge in [-0.3, -0.25) is 9.10 Å². The molecule has 0 spiro atoms. The van der Waals surface area contributed by atoms with E-state index in [1.807, 2.05) is 13.8 Å². The number of methoxy groups -OCH3 is 1. The highest BCUT2D eigenvalue weighted by Crippen LogP contribution is 2.30. The van der Waals surface area contributed by atoms with Gasteiger partial charge in [-0.15, -0.1) is 0 Å². The summed E-state index contributed by atoms with van der Waals surface area (Å²) in [6, 6.07) is 9.68. The number of amides is 1. The quantitative estimate of drug-likeness (QED) is 0.669. The average Bonchev–Trinajstić information content (AvgIpc) is 2.67. The van der Waals surface area contributed by atoms with Gasteiger partial charge in [-0.05, 0) is 62.2 Å². The van der Waals surface area contributed by atoms with Crippen molar-refractivity contribution in [3.05, 3.63) is 53.8 Å². The van der Waals surface area contributed by atoms with E-state index < -0.39 is 28.3 Å². The molecule has 0 aliphatic carbocycles. The summed E-state index contributed by atoms with van der Waals surface area (Å²) in [7, 11) is -2.77. The van der Waals surface area contributed by atoms with Crippen LogP contribution in [-0.4, -0.2) is 34.0 Å². The summed E-state index contributed by atoms with van der Waals surface area (Å²) in [5.74, 6) is -0.770. The number of benzene rings is 2. The minimum atomic E-state index is -4.15. The number of nitrogens with zero attached hydrogens (tertiary/aromatic N) is 1. The van der Waals surface area contributed by atoms with Crippen molar-refractivity contribution in [1.82, 2.24) is 5.32 Å². The molecule has 1 unspecified atom stereocenters. The first-order valence-electron chi connectivity index (χ1n) is 9.41. The number of ether oxygens (including phenoxy) is 1. The van der Waals surface area contributed by atoms with E-state index in [-0.39, 0.29) is 22.4 Å². The molecule has 2 rings (SSSR count). The lowest BCUT2D eigenvalue weighted by molar-refractivity contribution is -0.120. The van der Waals surface area contributed by atoms with E-state index in [9.17, 15) is 17.6 Å². The van der Waals surface area contributed by atoms with E-state index in [0.29, 0.717) is 0 Å². The number of hydrogen-bond donors (Lipinski definition) is 1. The van der Waals surface area contributed by atoms with Crippen molar-refractivity contribution in [2.24, 2.45) is 0 Å². The molecule has 0 aliphatic heterocycles. The molecular formula is C21H27FN2O4S. The zero-order chi connectivity index (χ0) is 21.6. The van der Waals surface area contributed by atoms with Crippen LogP contribution in [0, 0.1) is 12.7 Å². The number of carbonyl (C=O) groups is 1. The molecule has 29 heavy (non-hydrogen) atoms. The van der Waals surface area contributed by atoms with Crippen molar-refractivity contribution in [3.8, 4) is 5.75 Å². The van der Waals surface area contributed by atoms with Crippen molar-refractivity contribution in [3.63, 3.8) is 0 Å². The summed E-state index contributed by atoms with van der Waals surface area (Å²) in [6.07, 6.45) is 1.67. The summed E-state index contributed by atoms with van der Waals surface area (Å²) in [5.41, 5.74) is 0.915. The SMILES string of the molecule is CCCC(C)NC(=O)CN(c1ccc(F)cc1)S(=O)(=O)c1cc(C)ccc1OC. The molecule has 158 valence electrons.